The molecule has 0 aromatic carbocycles. The van der Waals surface area contributed by atoms with Gasteiger partial charge in [0, 0.05) is 18.3 Å². The fourth-order valence-electron chi connectivity index (χ4n) is 0.630. The van der Waals surface area contributed by atoms with Crippen LogP contribution < -0.4 is 0 Å². The molecule has 5 nitrogen and oxygen atoms in total. The number of rotatable bonds is 5. The monoisotopic (exact) mass is 163 g/mol. The molecule has 2 N–H and O–H groups in total. The maximum absolute atomic E-state index is 10.1. The lowest BCUT2D eigenvalue weighted by Crippen LogP contribution is -2.19. The maximum Gasteiger partial charge on any atom is 0.210 e. The van der Waals surface area contributed by atoms with Gasteiger partial charge in [-0.2, -0.15) is 0 Å². The molecule has 0 saturated carbocycles. The van der Waals surface area contributed by atoms with Crippen LogP contribution in [0.5, 0.6) is 0 Å². The standard InChI is InChI=1S/C6H13NO4/c1-5(7(10)11)2-3-6(9)4-8/h5-6,8-9H,2-4H2,1H3. The van der Waals surface area contributed by atoms with Crippen LogP contribution in [0.2, 0.25) is 0 Å². The Balaban J connectivity index is 3.45. The number of nitrogens with zero attached hydrogens (tertiary/aromatic N) is 1. The zero-order valence-corrected chi connectivity index (χ0v) is 6.43. The summed E-state index contributed by atoms with van der Waals surface area (Å²) < 4.78 is 0. The molecule has 0 spiro atoms. The van der Waals surface area contributed by atoms with Gasteiger partial charge in [-0.3, -0.25) is 10.1 Å². The Morgan fingerprint density at radius 2 is 2.09 bits per heavy atom. The molecular weight excluding hydrogens is 150 g/mol. The summed E-state index contributed by atoms with van der Waals surface area (Å²) in [5.74, 6) is 0. The van der Waals surface area contributed by atoms with E-state index in [1.165, 1.54) is 6.92 Å². The third-order valence-corrected chi connectivity index (χ3v) is 1.49. The van der Waals surface area contributed by atoms with Crippen LogP contribution >= 0.6 is 0 Å². The van der Waals surface area contributed by atoms with Crippen molar-refractivity contribution in [3.05, 3.63) is 10.1 Å². The molecule has 0 heterocycles. The van der Waals surface area contributed by atoms with Crippen LogP contribution in [0.3, 0.4) is 0 Å². The first-order chi connectivity index (χ1) is 5.07. The molecule has 0 aromatic rings. The second-order valence-corrected chi connectivity index (χ2v) is 2.55. The van der Waals surface area contributed by atoms with Gasteiger partial charge in [-0.15, -0.1) is 0 Å². The first kappa shape index (κ1) is 10.3. The molecule has 2 unspecified atom stereocenters. The molecule has 0 aliphatic rings. The third kappa shape index (κ3) is 4.69. The van der Waals surface area contributed by atoms with Gasteiger partial charge in [0.1, 0.15) is 0 Å². The van der Waals surface area contributed by atoms with E-state index in [4.69, 9.17) is 10.2 Å². The molecule has 0 bridgehead atoms. The SMILES string of the molecule is CC(CCC(O)CO)[N+](=O)[O-]. The van der Waals surface area contributed by atoms with E-state index < -0.39 is 17.1 Å². The summed E-state index contributed by atoms with van der Waals surface area (Å²) in [6.45, 7) is 1.15. The summed E-state index contributed by atoms with van der Waals surface area (Å²) in [6, 6.07) is -0.642. The Morgan fingerprint density at radius 3 is 2.45 bits per heavy atom. The molecule has 11 heavy (non-hydrogen) atoms. The van der Waals surface area contributed by atoms with Gasteiger partial charge in [-0.1, -0.05) is 0 Å². The molecule has 2 atom stereocenters. The van der Waals surface area contributed by atoms with Gasteiger partial charge in [0.15, 0.2) is 0 Å². The quantitative estimate of drug-likeness (QED) is 0.433. The predicted octanol–water partition coefficient (Wildman–Crippen LogP) is -0.215. The number of nitro groups is 1. The van der Waals surface area contributed by atoms with Crippen molar-refractivity contribution in [1.29, 1.82) is 0 Å². The molecule has 0 aliphatic carbocycles. The zero-order chi connectivity index (χ0) is 8.85. The predicted molar refractivity (Wildman–Crippen MR) is 38.8 cm³/mol. The van der Waals surface area contributed by atoms with E-state index in [1.54, 1.807) is 0 Å². The van der Waals surface area contributed by atoms with Crippen molar-refractivity contribution >= 4 is 0 Å². The molecule has 0 rings (SSSR count). The lowest BCUT2D eigenvalue weighted by Gasteiger charge is -2.06. The van der Waals surface area contributed by atoms with Crippen molar-refractivity contribution in [2.24, 2.45) is 0 Å². The highest BCUT2D eigenvalue weighted by molar-refractivity contribution is 4.56. The normalized spacial score (nSPS) is 15.9. The van der Waals surface area contributed by atoms with Gasteiger partial charge in [0.05, 0.1) is 12.7 Å². The van der Waals surface area contributed by atoms with Gasteiger partial charge < -0.3 is 10.2 Å². The fourth-order valence-corrected chi connectivity index (χ4v) is 0.630. The minimum Gasteiger partial charge on any atom is -0.394 e. The van der Waals surface area contributed by atoms with E-state index in [0.29, 0.717) is 6.42 Å². The van der Waals surface area contributed by atoms with Crippen LogP contribution in [-0.2, 0) is 0 Å². The van der Waals surface area contributed by atoms with Gasteiger partial charge in [-0.05, 0) is 6.42 Å². The molecule has 0 aromatic heterocycles. The molecule has 0 radical (unpaired) electrons. The van der Waals surface area contributed by atoms with Gasteiger partial charge in [0.2, 0.25) is 6.04 Å². The minimum atomic E-state index is -0.822. The Kier molecular flexibility index (Phi) is 4.72. The van der Waals surface area contributed by atoms with Crippen molar-refractivity contribution in [3.8, 4) is 0 Å². The van der Waals surface area contributed by atoms with E-state index in [9.17, 15) is 10.1 Å². The van der Waals surface area contributed by atoms with Crippen molar-refractivity contribution in [3.63, 3.8) is 0 Å². The Hall–Kier alpha value is -0.680. The third-order valence-electron chi connectivity index (χ3n) is 1.49. The highest BCUT2D eigenvalue weighted by Crippen LogP contribution is 2.03. The molecule has 0 aliphatic heterocycles. The van der Waals surface area contributed by atoms with Crippen molar-refractivity contribution in [2.45, 2.75) is 31.9 Å². The minimum absolute atomic E-state index is 0.276. The summed E-state index contributed by atoms with van der Waals surface area (Å²) >= 11 is 0. The van der Waals surface area contributed by atoms with E-state index in [-0.39, 0.29) is 13.0 Å². The van der Waals surface area contributed by atoms with Crippen LogP contribution in [0, 0.1) is 10.1 Å². The summed E-state index contributed by atoms with van der Waals surface area (Å²) in [5, 5.41) is 27.2. The lowest BCUT2D eigenvalue weighted by atomic mass is 10.1. The van der Waals surface area contributed by atoms with Crippen LogP contribution in [-0.4, -0.2) is 33.9 Å². The van der Waals surface area contributed by atoms with E-state index in [1.807, 2.05) is 0 Å². The number of hydrogen-bond donors (Lipinski definition) is 2. The summed E-state index contributed by atoms with van der Waals surface area (Å²) in [6.07, 6.45) is -0.245. The molecule has 5 heteroatoms. The number of aliphatic hydroxyl groups excluding tert-OH is 2. The highest BCUT2D eigenvalue weighted by Gasteiger charge is 2.14. The van der Waals surface area contributed by atoms with E-state index in [0.717, 1.165) is 0 Å². The highest BCUT2D eigenvalue weighted by atomic mass is 16.6. The van der Waals surface area contributed by atoms with Gasteiger partial charge >= 0.3 is 0 Å². The van der Waals surface area contributed by atoms with Gasteiger partial charge in [0.25, 0.3) is 0 Å². The number of aliphatic hydroxyl groups is 2. The van der Waals surface area contributed by atoms with Crippen LogP contribution in [0.1, 0.15) is 19.8 Å². The van der Waals surface area contributed by atoms with Crippen LogP contribution in [0.4, 0.5) is 0 Å². The largest absolute Gasteiger partial charge is 0.394 e. The van der Waals surface area contributed by atoms with Crippen LogP contribution in [0.25, 0.3) is 0 Å². The zero-order valence-electron chi connectivity index (χ0n) is 6.43. The number of hydrogen-bond acceptors (Lipinski definition) is 4. The smallest absolute Gasteiger partial charge is 0.210 e. The molecule has 0 fully saturated rings. The summed E-state index contributed by atoms with van der Waals surface area (Å²) in [4.78, 5) is 9.66. The Labute approximate surface area is 64.8 Å². The average molecular weight is 163 g/mol. The van der Waals surface area contributed by atoms with Crippen molar-refractivity contribution in [1.82, 2.24) is 0 Å². The van der Waals surface area contributed by atoms with Crippen molar-refractivity contribution in [2.75, 3.05) is 6.61 Å². The summed E-state index contributed by atoms with van der Waals surface area (Å²) in [5.41, 5.74) is 0. The van der Waals surface area contributed by atoms with Crippen molar-refractivity contribution < 1.29 is 15.1 Å². The van der Waals surface area contributed by atoms with E-state index in [2.05, 4.69) is 0 Å². The Morgan fingerprint density at radius 1 is 1.55 bits per heavy atom. The van der Waals surface area contributed by atoms with E-state index >= 15 is 0 Å². The topological polar surface area (TPSA) is 83.6 Å². The molecule has 0 saturated heterocycles. The lowest BCUT2D eigenvalue weighted by molar-refractivity contribution is -0.519. The average Bonchev–Trinajstić information content (AvgIpc) is 1.99. The van der Waals surface area contributed by atoms with Gasteiger partial charge in [-0.25, -0.2) is 0 Å². The maximum atomic E-state index is 10.1. The molecular formula is C6H13NO4. The second-order valence-electron chi connectivity index (χ2n) is 2.55. The fraction of sp³-hybridized carbons (Fsp3) is 1.00. The molecule has 0 amide bonds. The summed E-state index contributed by atoms with van der Waals surface area (Å²) in [7, 11) is 0. The first-order valence-electron chi connectivity index (χ1n) is 3.50. The van der Waals surface area contributed by atoms with Crippen LogP contribution in [0.15, 0.2) is 0 Å². The Bertz CT molecular complexity index is 128. The second kappa shape index (κ2) is 5.03. The molecule has 66 valence electrons. The first-order valence-corrected chi connectivity index (χ1v) is 3.50.